The molecule has 0 heterocycles. The van der Waals surface area contributed by atoms with Gasteiger partial charge < -0.3 is 9.94 Å². The molecule has 1 aromatic carbocycles. The highest BCUT2D eigenvalue weighted by atomic mass is 16.5. The van der Waals surface area contributed by atoms with Crippen LogP contribution in [-0.2, 0) is 4.74 Å². The average molecular weight is 222 g/mol. The summed E-state index contributed by atoms with van der Waals surface area (Å²) in [5, 5.41) is 14.4. The SMILES string of the molecule is CCOC(=O)Nc1ccccc1/C(C)=N/O. The predicted octanol–water partition coefficient (Wildman–Crippen LogP) is 2.45. The molecule has 0 aliphatic rings. The monoisotopic (exact) mass is 222 g/mol. The van der Waals surface area contributed by atoms with E-state index in [4.69, 9.17) is 9.94 Å². The van der Waals surface area contributed by atoms with Crippen LogP contribution < -0.4 is 5.32 Å². The maximum Gasteiger partial charge on any atom is 0.411 e. The summed E-state index contributed by atoms with van der Waals surface area (Å²) in [6.45, 7) is 3.68. The molecular weight excluding hydrogens is 208 g/mol. The van der Waals surface area contributed by atoms with Crippen molar-refractivity contribution >= 4 is 17.5 Å². The molecule has 5 nitrogen and oxygen atoms in total. The van der Waals surface area contributed by atoms with Gasteiger partial charge in [0.25, 0.3) is 0 Å². The van der Waals surface area contributed by atoms with Crippen LogP contribution in [0.4, 0.5) is 10.5 Å². The van der Waals surface area contributed by atoms with Gasteiger partial charge in [0.2, 0.25) is 0 Å². The molecule has 2 N–H and O–H groups in total. The minimum absolute atomic E-state index is 0.307. The Morgan fingerprint density at radius 2 is 2.19 bits per heavy atom. The first-order valence-corrected chi connectivity index (χ1v) is 4.90. The molecule has 0 saturated carbocycles. The Labute approximate surface area is 93.7 Å². The van der Waals surface area contributed by atoms with Crippen LogP contribution in [0, 0.1) is 0 Å². The van der Waals surface area contributed by atoms with Crippen molar-refractivity contribution in [2.24, 2.45) is 5.16 Å². The van der Waals surface area contributed by atoms with Crippen molar-refractivity contribution in [2.75, 3.05) is 11.9 Å². The molecule has 1 aromatic rings. The van der Waals surface area contributed by atoms with E-state index >= 15 is 0 Å². The van der Waals surface area contributed by atoms with Crippen LogP contribution in [0.1, 0.15) is 19.4 Å². The third-order valence-electron chi connectivity index (χ3n) is 1.98. The second-order valence-corrected chi connectivity index (χ2v) is 3.08. The summed E-state index contributed by atoms with van der Waals surface area (Å²) in [6.07, 6.45) is -0.527. The first-order chi connectivity index (χ1) is 7.69. The summed E-state index contributed by atoms with van der Waals surface area (Å²) in [4.78, 5) is 11.2. The Kier molecular flexibility index (Phi) is 4.32. The summed E-state index contributed by atoms with van der Waals surface area (Å²) in [5.41, 5.74) is 1.63. The normalized spacial score (nSPS) is 11.0. The zero-order valence-electron chi connectivity index (χ0n) is 9.23. The molecule has 0 fully saturated rings. The number of para-hydroxylation sites is 1. The van der Waals surface area contributed by atoms with Gasteiger partial charge in [0.1, 0.15) is 0 Å². The van der Waals surface area contributed by atoms with Gasteiger partial charge in [-0.1, -0.05) is 23.4 Å². The van der Waals surface area contributed by atoms with E-state index in [2.05, 4.69) is 10.5 Å². The molecule has 0 saturated heterocycles. The Morgan fingerprint density at radius 3 is 2.81 bits per heavy atom. The van der Waals surface area contributed by atoms with Gasteiger partial charge in [-0.15, -0.1) is 0 Å². The number of benzene rings is 1. The van der Waals surface area contributed by atoms with Crippen LogP contribution in [0.3, 0.4) is 0 Å². The largest absolute Gasteiger partial charge is 0.450 e. The average Bonchev–Trinajstić information content (AvgIpc) is 2.29. The highest BCUT2D eigenvalue weighted by Gasteiger charge is 2.08. The molecule has 0 radical (unpaired) electrons. The number of rotatable bonds is 3. The number of ether oxygens (including phenoxy) is 1. The van der Waals surface area contributed by atoms with Crippen molar-refractivity contribution in [3.05, 3.63) is 29.8 Å². The maximum atomic E-state index is 11.2. The number of anilines is 1. The van der Waals surface area contributed by atoms with E-state index in [0.717, 1.165) is 0 Å². The van der Waals surface area contributed by atoms with Gasteiger partial charge in [0.15, 0.2) is 0 Å². The van der Waals surface area contributed by atoms with E-state index in [9.17, 15) is 4.79 Å². The number of nitrogens with one attached hydrogen (secondary N) is 1. The van der Waals surface area contributed by atoms with Gasteiger partial charge in [-0.2, -0.15) is 0 Å². The van der Waals surface area contributed by atoms with Gasteiger partial charge in [0.05, 0.1) is 18.0 Å². The lowest BCUT2D eigenvalue weighted by Gasteiger charge is -2.09. The molecule has 0 aliphatic heterocycles. The number of amides is 1. The second kappa shape index (κ2) is 5.75. The molecule has 0 bridgehead atoms. The standard InChI is InChI=1S/C11H14N2O3/c1-3-16-11(14)12-10-7-5-4-6-9(10)8(2)13-15/h4-7,15H,3H2,1-2H3,(H,12,14)/b13-8+. The third-order valence-corrected chi connectivity index (χ3v) is 1.98. The fraction of sp³-hybridized carbons (Fsp3) is 0.273. The molecule has 1 amide bonds. The van der Waals surface area contributed by atoms with Crippen molar-refractivity contribution < 1.29 is 14.7 Å². The van der Waals surface area contributed by atoms with Crippen molar-refractivity contribution in [1.29, 1.82) is 0 Å². The number of carbonyl (C=O) groups excluding carboxylic acids is 1. The molecule has 1 rings (SSSR count). The number of oxime groups is 1. The first kappa shape index (κ1) is 12.0. The molecule has 0 atom stereocenters. The molecule has 0 aromatic heterocycles. The summed E-state index contributed by atoms with van der Waals surface area (Å²) >= 11 is 0. The summed E-state index contributed by atoms with van der Waals surface area (Å²) in [7, 11) is 0. The van der Waals surface area contributed by atoms with Crippen LogP contribution in [0.25, 0.3) is 0 Å². The van der Waals surface area contributed by atoms with Gasteiger partial charge >= 0.3 is 6.09 Å². The first-order valence-electron chi connectivity index (χ1n) is 4.90. The molecule has 5 heteroatoms. The van der Waals surface area contributed by atoms with Crippen LogP contribution in [0.5, 0.6) is 0 Å². The van der Waals surface area contributed by atoms with Crippen LogP contribution in [0.2, 0.25) is 0 Å². The lowest BCUT2D eigenvalue weighted by Crippen LogP contribution is -2.15. The molecular formula is C11H14N2O3. The van der Waals surface area contributed by atoms with Crippen LogP contribution >= 0.6 is 0 Å². The highest BCUT2D eigenvalue weighted by molar-refractivity contribution is 6.05. The summed E-state index contributed by atoms with van der Waals surface area (Å²) in [6, 6.07) is 7.02. The number of carbonyl (C=O) groups is 1. The van der Waals surface area contributed by atoms with E-state index in [1.54, 1.807) is 38.1 Å². The Morgan fingerprint density at radius 1 is 1.50 bits per heavy atom. The van der Waals surface area contributed by atoms with Gasteiger partial charge in [0, 0.05) is 5.56 Å². The summed E-state index contributed by atoms with van der Waals surface area (Å²) < 4.78 is 4.76. The van der Waals surface area contributed by atoms with Gasteiger partial charge in [-0.05, 0) is 19.9 Å². The number of hydrogen-bond donors (Lipinski definition) is 2. The van der Waals surface area contributed by atoms with E-state index in [1.165, 1.54) is 0 Å². The molecule has 86 valence electrons. The highest BCUT2D eigenvalue weighted by Crippen LogP contribution is 2.16. The Balaban J connectivity index is 2.91. The number of nitrogens with zero attached hydrogens (tertiary/aromatic N) is 1. The Bertz CT molecular complexity index is 402. The smallest absolute Gasteiger partial charge is 0.411 e. The maximum absolute atomic E-state index is 11.2. The third kappa shape index (κ3) is 2.98. The van der Waals surface area contributed by atoms with Gasteiger partial charge in [-0.25, -0.2) is 4.79 Å². The zero-order valence-corrected chi connectivity index (χ0v) is 9.23. The van der Waals surface area contributed by atoms with Crippen molar-refractivity contribution in [1.82, 2.24) is 0 Å². The fourth-order valence-electron chi connectivity index (χ4n) is 1.24. The van der Waals surface area contributed by atoms with Crippen LogP contribution in [-0.4, -0.2) is 23.6 Å². The second-order valence-electron chi connectivity index (χ2n) is 3.08. The molecule has 0 spiro atoms. The van der Waals surface area contributed by atoms with E-state index < -0.39 is 6.09 Å². The molecule has 0 aliphatic carbocycles. The zero-order chi connectivity index (χ0) is 12.0. The fourth-order valence-corrected chi connectivity index (χ4v) is 1.24. The van der Waals surface area contributed by atoms with E-state index in [1.807, 2.05) is 0 Å². The van der Waals surface area contributed by atoms with Crippen LogP contribution in [0.15, 0.2) is 29.4 Å². The predicted molar refractivity (Wildman–Crippen MR) is 61.1 cm³/mol. The van der Waals surface area contributed by atoms with Crippen molar-refractivity contribution in [3.63, 3.8) is 0 Å². The molecule has 0 unspecified atom stereocenters. The van der Waals surface area contributed by atoms with Crippen molar-refractivity contribution in [3.8, 4) is 0 Å². The molecule has 16 heavy (non-hydrogen) atoms. The van der Waals surface area contributed by atoms with E-state index in [0.29, 0.717) is 23.6 Å². The summed E-state index contributed by atoms with van der Waals surface area (Å²) in [5.74, 6) is 0. The minimum Gasteiger partial charge on any atom is -0.450 e. The quantitative estimate of drug-likeness (QED) is 0.468. The minimum atomic E-state index is -0.527. The topological polar surface area (TPSA) is 70.9 Å². The van der Waals surface area contributed by atoms with Crippen molar-refractivity contribution in [2.45, 2.75) is 13.8 Å². The Hall–Kier alpha value is -2.04. The lowest BCUT2D eigenvalue weighted by molar-refractivity contribution is 0.168. The lowest BCUT2D eigenvalue weighted by atomic mass is 10.1. The van der Waals surface area contributed by atoms with E-state index in [-0.39, 0.29) is 0 Å². The number of hydrogen-bond acceptors (Lipinski definition) is 4. The van der Waals surface area contributed by atoms with Gasteiger partial charge in [-0.3, -0.25) is 5.32 Å².